The molecule has 0 amide bonds. The highest BCUT2D eigenvalue weighted by Gasteiger charge is 2.18. The Morgan fingerprint density at radius 2 is 0.727 bits per heavy atom. The number of nitrogens with zero attached hydrogens (tertiary/aromatic N) is 1. The molecule has 2 heteroatoms. The maximum atomic E-state index is 6.56. The van der Waals surface area contributed by atoms with Crippen LogP contribution in [0.25, 0.3) is 110 Å². The summed E-state index contributed by atoms with van der Waals surface area (Å²) in [6.07, 6.45) is 0. The lowest BCUT2D eigenvalue weighted by Gasteiger charge is -2.26. The molecule has 1 heterocycles. The fraction of sp³-hybridized carbons (Fsp3) is 0. The second-order valence-corrected chi connectivity index (χ2v) is 17.3. The van der Waals surface area contributed by atoms with Gasteiger partial charge in [-0.15, -0.1) is 0 Å². The summed E-state index contributed by atoms with van der Waals surface area (Å²) in [5.41, 5.74) is 14.5. The van der Waals surface area contributed by atoms with E-state index in [1.54, 1.807) is 0 Å². The van der Waals surface area contributed by atoms with Crippen molar-refractivity contribution in [2.24, 2.45) is 0 Å². The molecule has 13 rings (SSSR count). The zero-order valence-electron chi connectivity index (χ0n) is 36.0. The van der Waals surface area contributed by atoms with Crippen LogP contribution < -0.4 is 4.90 Å². The van der Waals surface area contributed by atoms with Crippen LogP contribution in [0.4, 0.5) is 17.1 Å². The smallest absolute Gasteiger partial charge is 0.143 e. The summed E-state index contributed by atoms with van der Waals surface area (Å²) < 4.78 is 6.56. The van der Waals surface area contributed by atoms with Crippen molar-refractivity contribution in [2.45, 2.75) is 0 Å². The largest absolute Gasteiger partial charge is 0.455 e. The van der Waals surface area contributed by atoms with Crippen molar-refractivity contribution < 1.29 is 4.42 Å². The fourth-order valence-electron chi connectivity index (χ4n) is 10.2. The molecule has 0 aliphatic carbocycles. The number of fused-ring (bicyclic) bond motifs is 9. The predicted molar refractivity (Wildman–Crippen MR) is 280 cm³/mol. The van der Waals surface area contributed by atoms with E-state index in [0.29, 0.717) is 0 Å². The second-order valence-electron chi connectivity index (χ2n) is 17.3. The van der Waals surface area contributed by atoms with Crippen LogP contribution in [0.15, 0.2) is 253 Å². The van der Waals surface area contributed by atoms with E-state index in [0.717, 1.165) is 55.5 Å². The van der Waals surface area contributed by atoms with Crippen molar-refractivity contribution in [3.05, 3.63) is 249 Å². The molecule has 0 radical (unpaired) electrons. The van der Waals surface area contributed by atoms with Crippen LogP contribution in [0.3, 0.4) is 0 Å². The third kappa shape index (κ3) is 6.42. The standard InChI is InChI=1S/C64H41NO/c1-4-16-55-44(10-1)13-8-19-57(55)50-15-7-14-48(40-50)42-24-32-52(33-25-42)65(53-34-26-43(27-35-53)49-31-38-58-51(41-49)23-22-45-11-2-5-17-56(45)58)54-36-28-47(29-37-54)59-20-9-21-62-63(59)61-39-30-46-12-3-6-18-60(46)64(61)66-62/h1-41H. The quantitative estimate of drug-likeness (QED) is 0.149. The molecular weight excluding hydrogens is 799 g/mol. The third-order valence-corrected chi connectivity index (χ3v) is 13.4. The van der Waals surface area contributed by atoms with Gasteiger partial charge in [-0.1, -0.05) is 188 Å². The molecule has 2 nitrogen and oxygen atoms in total. The van der Waals surface area contributed by atoms with Crippen molar-refractivity contribution in [1.29, 1.82) is 0 Å². The zero-order chi connectivity index (χ0) is 43.6. The monoisotopic (exact) mass is 839 g/mol. The van der Waals surface area contributed by atoms with Crippen molar-refractivity contribution in [1.82, 2.24) is 0 Å². The van der Waals surface area contributed by atoms with Gasteiger partial charge in [0, 0.05) is 33.2 Å². The van der Waals surface area contributed by atoms with Crippen molar-refractivity contribution in [3.8, 4) is 44.5 Å². The molecule has 0 fully saturated rings. The zero-order valence-corrected chi connectivity index (χ0v) is 36.0. The molecule has 0 aliphatic heterocycles. The van der Waals surface area contributed by atoms with E-state index in [2.05, 4.69) is 254 Å². The molecule has 12 aromatic carbocycles. The Labute approximate surface area is 382 Å². The van der Waals surface area contributed by atoms with Crippen LogP contribution in [0.1, 0.15) is 0 Å². The van der Waals surface area contributed by atoms with Gasteiger partial charge >= 0.3 is 0 Å². The summed E-state index contributed by atoms with van der Waals surface area (Å²) in [7, 11) is 0. The molecule has 0 saturated carbocycles. The molecule has 0 unspecified atom stereocenters. The Balaban J connectivity index is 0.883. The van der Waals surface area contributed by atoms with Crippen LogP contribution in [0, 0.1) is 0 Å². The Bertz CT molecular complexity index is 3970. The van der Waals surface area contributed by atoms with E-state index in [9.17, 15) is 0 Å². The van der Waals surface area contributed by atoms with Crippen LogP contribution >= 0.6 is 0 Å². The van der Waals surface area contributed by atoms with Gasteiger partial charge in [-0.3, -0.25) is 0 Å². The van der Waals surface area contributed by atoms with E-state index >= 15 is 0 Å². The number of hydrogen-bond donors (Lipinski definition) is 0. The van der Waals surface area contributed by atoms with E-state index in [4.69, 9.17) is 4.42 Å². The van der Waals surface area contributed by atoms with Crippen LogP contribution in [-0.4, -0.2) is 0 Å². The Morgan fingerprint density at radius 1 is 0.258 bits per heavy atom. The molecule has 0 aliphatic rings. The number of rotatable bonds is 7. The molecular formula is C64H41NO. The van der Waals surface area contributed by atoms with Crippen LogP contribution in [0.2, 0.25) is 0 Å². The number of anilines is 3. The summed E-state index contributed by atoms with van der Waals surface area (Å²) in [5, 5.41) is 12.2. The molecule has 0 bridgehead atoms. The number of hydrogen-bond acceptors (Lipinski definition) is 2. The minimum atomic E-state index is 0.896. The first-order chi connectivity index (χ1) is 32.7. The van der Waals surface area contributed by atoms with Gasteiger partial charge in [-0.25, -0.2) is 0 Å². The Hall–Kier alpha value is -8.72. The van der Waals surface area contributed by atoms with Crippen molar-refractivity contribution in [2.75, 3.05) is 4.90 Å². The summed E-state index contributed by atoms with van der Waals surface area (Å²) in [4.78, 5) is 2.36. The lowest BCUT2D eigenvalue weighted by Crippen LogP contribution is -2.09. The van der Waals surface area contributed by atoms with Gasteiger partial charge in [-0.05, 0) is 143 Å². The minimum absolute atomic E-state index is 0.896. The average molecular weight is 840 g/mol. The first-order valence-corrected chi connectivity index (χ1v) is 22.6. The average Bonchev–Trinajstić information content (AvgIpc) is 3.79. The lowest BCUT2D eigenvalue weighted by molar-refractivity contribution is 0.673. The minimum Gasteiger partial charge on any atom is -0.455 e. The first-order valence-electron chi connectivity index (χ1n) is 22.6. The van der Waals surface area contributed by atoms with E-state index in [-0.39, 0.29) is 0 Å². The molecule has 66 heavy (non-hydrogen) atoms. The Morgan fingerprint density at radius 3 is 1.45 bits per heavy atom. The fourth-order valence-corrected chi connectivity index (χ4v) is 10.2. The highest BCUT2D eigenvalue weighted by atomic mass is 16.3. The van der Waals surface area contributed by atoms with Crippen molar-refractivity contribution >= 4 is 82.1 Å². The molecule has 308 valence electrons. The first kappa shape index (κ1) is 37.8. The number of furan rings is 1. The van der Waals surface area contributed by atoms with E-state index in [1.807, 2.05) is 0 Å². The molecule has 0 atom stereocenters. The molecule has 0 N–H and O–H groups in total. The topological polar surface area (TPSA) is 16.4 Å². The highest BCUT2D eigenvalue weighted by molar-refractivity contribution is 6.19. The second kappa shape index (κ2) is 15.5. The lowest BCUT2D eigenvalue weighted by atomic mass is 9.95. The maximum absolute atomic E-state index is 6.56. The van der Waals surface area contributed by atoms with Crippen LogP contribution in [0.5, 0.6) is 0 Å². The van der Waals surface area contributed by atoms with Gasteiger partial charge in [0.2, 0.25) is 0 Å². The normalized spacial score (nSPS) is 11.6. The summed E-state index contributed by atoms with van der Waals surface area (Å²) in [6, 6.07) is 90.2. The highest BCUT2D eigenvalue weighted by Crippen LogP contribution is 2.42. The van der Waals surface area contributed by atoms with Crippen LogP contribution in [-0.2, 0) is 0 Å². The maximum Gasteiger partial charge on any atom is 0.143 e. The molecule has 13 aromatic rings. The molecule has 0 saturated heterocycles. The van der Waals surface area contributed by atoms with Gasteiger partial charge < -0.3 is 9.32 Å². The van der Waals surface area contributed by atoms with Crippen molar-refractivity contribution in [3.63, 3.8) is 0 Å². The molecule has 1 aromatic heterocycles. The molecule has 0 spiro atoms. The van der Waals surface area contributed by atoms with E-state index < -0.39 is 0 Å². The van der Waals surface area contributed by atoms with Gasteiger partial charge in [0.05, 0.1) is 0 Å². The summed E-state index contributed by atoms with van der Waals surface area (Å²) >= 11 is 0. The van der Waals surface area contributed by atoms with Gasteiger partial charge in [0.1, 0.15) is 11.2 Å². The van der Waals surface area contributed by atoms with Gasteiger partial charge in [-0.2, -0.15) is 0 Å². The van der Waals surface area contributed by atoms with Gasteiger partial charge in [0.15, 0.2) is 0 Å². The summed E-state index contributed by atoms with van der Waals surface area (Å²) in [5.74, 6) is 0. The SMILES string of the molecule is c1cc(-c2ccc(N(c3ccc(-c4ccc5c(ccc6ccccc65)c4)cc3)c3ccc(-c4cccc5oc6c7ccccc7ccc6c45)cc3)cc2)cc(-c2cccc3ccccc23)c1. The third-order valence-electron chi connectivity index (χ3n) is 13.4. The van der Waals surface area contributed by atoms with E-state index in [1.165, 1.54) is 71.1 Å². The summed E-state index contributed by atoms with van der Waals surface area (Å²) in [6.45, 7) is 0. The van der Waals surface area contributed by atoms with Gasteiger partial charge in [0.25, 0.3) is 0 Å². The predicted octanol–water partition coefficient (Wildman–Crippen LogP) is 18.3. The Kier molecular flexibility index (Phi) is 8.89. The number of benzene rings is 12.